The minimum Gasteiger partial charge on any atom is -0.317 e. The number of carbonyl (C=O) groups excluding carboxylic acids is 1. The maximum Gasteiger partial charge on any atom is 0.228 e. The number of aromatic nitrogens is 1. The molecule has 0 saturated carbocycles. The molecule has 1 aliphatic heterocycles. The second-order valence-electron chi connectivity index (χ2n) is 4.29. The number of hydrogen-bond acceptors (Lipinski definition) is 3. The van der Waals surface area contributed by atoms with E-state index >= 15 is 0 Å². The summed E-state index contributed by atoms with van der Waals surface area (Å²) in [7, 11) is 0. The average molecular weight is 233 g/mol. The molecule has 1 saturated heterocycles. The predicted octanol–water partition coefficient (Wildman–Crippen LogP) is 1.58. The standard InChI is InChI=1S/C13H19N3O/c1-2-13(17)16(11-6-9-14-10-7-11)12-5-3-4-8-15-12/h3-5,8,11,14H,2,6-7,9-10H2,1H3. The lowest BCUT2D eigenvalue weighted by Gasteiger charge is -2.33. The Bertz CT molecular complexity index is 360. The van der Waals surface area contributed by atoms with E-state index in [1.54, 1.807) is 6.20 Å². The van der Waals surface area contributed by atoms with E-state index in [2.05, 4.69) is 10.3 Å². The SMILES string of the molecule is CCC(=O)N(c1ccccn1)C1CCNCC1. The van der Waals surface area contributed by atoms with Crippen LogP contribution in [0.2, 0.25) is 0 Å². The molecule has 1 aromatic heterocycles. The lowest BCUT2D eigenvalue weighted by atomic mass is 10.0. The summed E-state index contributed by atoms with van der Waals surface area (Å²) in [4.78, 5) is 18.3. The fourth-order valence-corrected chi connectivity index (χ4v) is 2.25. The topological polar surface area (TPSA) is 45.2 Å². The van der Waals surface area contributed by atoms with Crippen molar-refractivity contribution in [1.29, 1.82) is 0 Å². The normalized spacial score (nSPS) is 16.8. The van der Waals surface area contributed by atoms with Gasteiger partial charge >= 0.3 is 0 Å². The molecule has 0 unspecified atom stereocenters. The van der Waals surface area contributed by atoms with Crippen LogP contribution in [0, 0.1) is 0 Å². The molecule has 0 bridgehead atoms. The van der Waals surface area contributed by atoms with Crippen molar-refractivity contribution in [3.8, 4) is 0 Å². The summed E-state index contributed by atoms with van der Waals surface area (Å²) in [6.45, 7) is 3.86. The molecule has 92 valence electrons. The van der Waals surface area contributed by atoms with Crippen molar-refractivity contribution < 1.29 is 4.79 Å². The third kappa shape index (κ3) is 2.82. The van der Waals surface area contributed by atoms with Crippen LogP contribution in [0.25, 0.3) is 0 Å². The third-order valence-electron chi connectivity index (χ3n) is 3.14. The Morgan fingerprint density at radius 2 is 2.24 bits per heavy atom. The number of carbonyl (C=O) groups is 1. The monoisotopic (exact) mass is 233 g/mol. The highest BCUT2D eigenvalue weighted by Crippen LogP contribution is 2.20. The van der Waals surface area contributed by atoms with Gasteiger partial charge in [0, 0.05) is 18.7 Å². The number of hydrogen-bond donors (Lipinski definition) is 1. The minimum absolute atomic E-state index is 0.163. The maximum absolute atomic E-state index is 12.1. The van der Waals surface area contributed by atoms with Gasteiger partial charge in [-0.15, -0.1) is 0 Å². The van der Waals surface area contributed by atoms with E-state index < -0.39 is 0 Å². The second-order valence-corrected chi connectivity index (χ2v) is 4.29. The van der Waals surface area contributed by atoms with Gasteiger partial charge in [0.2, 0.25) is 5.91 Å². The van der Waals surface area contributed by atoms with E-state index in [4.69, 9.17) is 0 Å². The predicted molar refractivity (Wildman–Crippen MR) is 67.9 cm³/mol. The maximum atomic E-state index is 12.1. The van der Waals surface area contributed by atoms with E-state index in [0.717, 1.165) is 31.7 Å². The van der Waals surface area contributed by atoms with Crippen molar-refractivity contribution in [3.05, 3.63) is 24.4 Å². The molecule has 0 radical (unpaired) electrons. The quantitative estimate of drug-likeness (QED) is 0.862. The Kier molecular flexibility index (Phi) is 4.09. The van der Waals surface area contributed by atoms with Crippen molar-refractivity contribution in [2.24, 2.45) is 0 Å². The van der Waals surface area contributed by atoms with Crippen LogP contribution in [0.15, 0.2) is 24.4 Å². The second kappa shape index (κ2) is 5.77. The number of nitrogens with zero attached hydrogens (tertiary/aromatic N) is 2. The Hall–Kier alpha value is -1.42. The molecule has 17 heavy (non-hydrogen) atoms. The summed E-state index contributed by atoms with van der Waals surface area (Å²) >= 11 is 0. The van der Waals surface area contributed by atoms with Gasteiger partial charge in [0.1, 0.15) is 5.82 Å². The molecule has 1 amide bonds. The Labute approximate surface area is 102 Å². The molecule has 1 fully saturated rings. The van der Waals surface area contributed by atoms with Gasteiger partial charge in [-0.25, -0.2) is 4.98 Å². The van der Waals surface area contributed by atoms with Gasteiger partial charge in [0.05, 0.1) is 0 Å². The number of pyridine rings is 1. The van der Waals surface area contributed by atoms with E-state index in [-0.39, 0.29) is 5.91 Å². The molecule has 0 aromatic carbocycles. The van der Waals surface area contributed by atoms with E-state index in [0.29, 0.717) is 12.5 Å². The summed E-state index contributed by atoms with van der Waals surface area (Å²) in [5.74, 6) is 0.946. The van der Waals surface area contributed by atoms with E-state index in [1.807, 2.05) is 30.0 Å². The minimum atomic E-state index is 0.163. The van der Waals surface area contributed by atoms with Crippen molar-refractivity contribution in [2.75, 3.05) is 18.0 Å². The number of piperidine rings is 1. The highest BCUT2D eigenvalue weighted by molar-refractivity contribution is 5.92. The molecule has 0 atom stereocenters. The first kappa shape index (κ1) is 12.0. The van der Waals surface area contributed by atoms with Crippen LogP contribution in [-0.4, -0.2) is 30.0 Å². The summed E-state index contributed by atoms with van der Waals surface area (Å²) < 4.78 is 0. The largest absolute Gasteiger partial charge is 0.317 e. The first-order valence-corrected chi connectivity index (χ1v) is 6.26. The van der Waals surface area contributed by atoms with Gasteiger partial charge < -0.3 is 5.32 Å². The molecule has 1 aromatic rings. The highest BCUT2D eigenvalue weighted by Gasteiger charge is 2.26. The summed E-state index contributed by atoms with van der Waals surface area (Å²) in [5.41, 5.74) is 0. The van der Waals surface area contributed by atoms with Crippen LogP contribution in [-0.2, 0) is 4.79 Å². The van der Waals surface area contributed by atoms with E-state index in [1.165, 1.54) is 0 Å². The lowest BCUT2D eigenvalue weighted by molar-refractivity contribution is -0.118. The zero-order valence-electron chi connectivity index (χ0n) is 10.2. The molecule has 4 nitrogen and oxygen atoms in total. The number of amides is 1. The summed E-state index contributed by atoms with van der Waals surface area (Å²) in [6.07, 6.45) is 4.28. The average Bonchev–Trinajstić information content (AvgIpc) is 2.41. The molecule has 4 heteroatoms. The third-order valence-corrected chi connectivity index (χ3v) is 3.14. The first-order valence-electron chi connectivity index (χ1n) is 6.26. The fourth-order valence-electron chi connectivity index (χ4n) is 2.25. The molecule has 0 spiro atoms. The molecule has 2 rings (SSSR count). The zero-order valence-corrected chi connectivity index (χ0v) is 10.2. The number of anilines is 1. The van der Waals surface area contributed by atoms with Crippen LogP contribution < -0.4 is 10.2 Å². The summed E-state index contributed by atoms with van der Waals surface area (Å²) in [5, 5.41) is 3.32. The fraction of sp³-hybridized carbons (Fsp3) is 0.538. The summed E-state index contributed by atoms with van der Waals surface area (Å²) in [6, 6.07) is 6.01. The van der Waals surface area contributed by atoms with Crippen LogP contribution in [0.4, 0.5) is 5.82 Å². The smallest absolute Gasteiger partial charge is 0.228 e. The van der Waals surface area contributed by atoms with Gasteiger partial charge in [-0.1, -0.05) is 13.0 Å². The van der Waals surface area contributed by atoms with Gasteiger partial charge in [-0.2, -0.15) is 0 Å². The molecular formula is C13H19N3O. The Morgan fingerprint density at radius 3 is 2.82 bits per heavy atom. The lowest BCUT2D eigenvalue weighted by Crippen LogP contribution is -2.46. The van der Waals surface area contributed by atoms with Crippen LogP contribution >= 0.6 is 0 Å². The number of rotatable bonds is 3. The molecular weight excluding hydrogens is 214 g/mol. The Balaban J connectivity index is 2.21. The van der Waals surface area contributed by atoms with Crippen molar-refractivity contribution in [3.63, 3.8) is 0 Å². The zero-order chi connectivity index (χ0) is 12.1. The molecule has 2 heterocycles. The van der Waals surface area contributed by atoms with Crippen molar-refractivity contribution in [2.45, 2.75) is 32.2 Å². The Morgan fingerprint density at radius 1 is 1.47 bits per heavy atom. The van der Waals surface area contributed by atoms with Gasteiger partial charge in [-0.05, 0) is 38.1 Å². The molecule has 1 N–H and O–H groups in total. The van der Waals surface area contributed by atoms with E-state index in [9.17, 15) is 4.79 Å². The van der Waals surface area contributed by atoms with Crippen LogP contribution in [0.3, 0.4) is 0 Å². The van der Waals surface area contributed by atoms with Crippen molar-refractivity contribution >= 4 is 11.7 Å². The first-order chi connectivity index (χ1) is 8.33. The highest BCUT2D eigenvalue weighted by atomic mass is 16.2. The molecule has 1 aliphatic rings. The number of nitrogens with one attached hydrogen (secondary N) is 1. The molecule has 0 aliphatic carbocycles. The van der Waals surface area contributed by atoms with Crippen LogP contribution in [0.5, 0.6) is 0 Å². The van der Waals surface area contributed by atoms with Crippen LogP contribution in [0.1, 0.15) is 26.2 Å². The van der Waals surface area contributed by atoms with Gasteiger partial charge in [0.25, 0.3) is 0 Å². The van der Waals surface area contributed by atoms with Gasteiger partial charge in [-0.3, -0.25) is 9.69 Å². The van der Waals surface area contributed by atoms with Crippen molar-refractivity contribution in [1.82, 2.24) is 10.3 Å². The van der Waals surface area contributed by atoms with Gasteiger partial charge in [0.15, 0.2) is 0 Å².